The second kappa shape index (κ2) is 6.91. The summed E-state index contributed by atoms with van der Waals surface area (Å²) >= 11 is 0. The Bertz CT molecular complexity index is 364. The van der Waals surface area contributed by atoms with Crippen molar-refractivity contribution >= 4 is 11.6 Å². The Morgan fingerprint density at radius 3 is 2.71 bits per heavy atom. The lowest BCUT2D eigenvalue weighted by Crippen LogP contribution is -2.28. The molecule has 0 unspecified atom stereocenters. The van der Waals surface area contributed by atoms with Gasteiger partial charge in [0.05, 0.1) is 12.2 Å². The molecule has 1 aromatic carbocycles. The molecule has 0 radical (unpaired) electrons. The summed E-state index contributed by atoms with van der Waals surface area (Å²) in [5.74, 6) is -0.0780. The molecule has 1 aromatic rings. The van der Waals surface area contributed by atoms with E-state index in [1.807, 2.05) is 38.1 Å². The number of carbonyl (C=O) groups excluding carboxylic acids is 1. The predicted molar refractivity (Wildman–Crippen MR) is 69.4 cm³/mol. The van der Waals surface area contributed by atoms with Crippen LogP contribution >= 0.6 is 0 Å². The second-order valence-electron chi connectivity index (χ2n) is 4.09. The van der Waals surface area contributed by atoms with E-state index in [0.29, 0.717) is 24.8 Å². The molecule has 0 saturated heterocycles. The van der Waals surface area contributed by atoms with E-state index in [4.69, 9.17) is 4.74 Å². The molecule has 2 N–H and O–H groups in total. The normalized spacial score (nSPS) is 10.4. The minimum absolute atomic E-state index is 0.0780. The summed E-state index contributed by atoms with van der Waals surface area (Å²) < 4.78 is 4.89. The lowest BCUT2D eigenvalue weighted by molar-refractivity contribution is 0.0938. The molecule has 0 atom stereocenters. The number of methoxy groups -OCH3 is 1. The maximum atomic E-state index is 11.9. The maximum Gasteiger partial charge on any atom is 0.253 e. The largest absolute Gasteiger partial charge is 0.383 e. The van der Waals surface area contributed by atoms with Gasteiger partial charge in [0.15, 0.2) is 0 Å². The van der Waals surface area contributed by atoms with E-state index in [1.165, 1.54) is 0 Å². The number of hydrogen-bond acceptors (Lipinski definition) is 3. The van der Waals surface area contributed by atoms with Crippen LogP contribution in [0.1, 0.15) is 24.2 Å². The molecule has 0 spiro atoms. The number of hydrogen-bond donors (Lipinski definition) is 2. The van der Waals surface area contributed by atoms with Crippen molar-refractivity contribution in [3.8, 4) is 0 Å². The maximum absolute atomic E-state index is 11.9. The molecule has 4 nitrogen and oxygen atoms in total. The fourth-order valence-electron chi connectivity index (χ4n) is 1.48. The molecule has 0 saturated carbocycles. The third-order valence-electron chi connectivity index (χ3n) is 2.21. The molecule has 0 aliphatic rings. The standard InChI is InChI=1S/C13H20N2O2/c1-10(2)15-12-7-5-4-6-11(12)13(16)14-8-9-17-3/h4-7,10,15H,8-9H2,1-3H3,(H,14,16). The van der Waals surface area contributed by atoms with Gasteiger partial charge >= 0.3 is 0 Å². The Kier molecular flexibility index (Phi) is 5.49. The van der Waals surface area contributed by atoms with Crippen LogP contribution in [0.15, 0.2) is 24.3 Å². The highest BCUT2D eigenvalue weighted by Crippen LogP contribution is 2.15. The summed E-state index contributed by atoms with van der Waals surface area (Å²) in [5.41, 5.74) is 1.52. The van der Waals surface area contributed by atoms with E-state index in [2.05, 4.69) is 10.6 Å². The number of benzene rings is 1. The van der Waals surface area contributed by atoms with Gasteiger partial charge < -0.3 is 15.4 Å². The average molecular weight is 236 g/mol. The number of nitrogens with one attached hydrogen (secondary N) is 2. The number of para-hydroxylation sites is 1. The van der Waals surface area contributed by atoms with E-state index in [0.717, 1.165) is 5.69 Å². The van der Waals surface area contributed by atoms with Crippen LogP contribution < -0.4 is 10.6 Å². The highest BCUT2D eigenvalue weighted by Gasteiger charge is 2.10. The molecule has 1 rings (SSSR count). The van der Waals surface area contributed by atoms with Gasteiger partial charge in [0.1, 0.15) is 0 Å². The monoisotopic (exact) mass is 236 g/mol. The highest BCUT2D eigenvalue weighted by molar-refractivity contribution is 5.99. The van der Waals surface area contributed by atoms with Crippen molar-refractivity contribution in [2.24, 2.45) is 0 Å². The first-order chi connectivity index (χ1) is 8.15. The fraction of sp³-hybridized carbons (Fsp3) is 0.462. The van der Waals surface area contributed by atoms with Gasteiger partial charge in [0, 0.05) is 25.4 Å². The average Bonchev–Trinajstić information content (AvgIpc) is 2.29. The quantitative estimate of drug-likeness (QED) is 0.741. The first-order valence-corrected chi connectivity index (χ1v) is 5.78. The van der Waals surface area contributed by atoms with E-state index < -0.39 is 0 Å². The van der Waals surface area contributed by atoms with Crippen molar-refractivity contribution in [1.29, 1.82) is 0 Å². The molecular formula is C13H20N2O2. The second-order valence-corrected chi connectivity index (χ2v) is 4.09. The van der Waals surface area contributed by atoms with Gasteiger partial charge in [0.2, 0.25) is 0 Å². The van der Waals surface area contributed by atoms with Crippen LogP contribution in [0.3, 0.4) is 0 Å². The Balaban J connectivity index is 2.71. The third-order valence-corrected chi connectivity index (χ3v) is 2.21. The van der Waals surface area contributed by atoms with Gasteiger partial charge in [-0.15, -0.1) is 0 Å². The zero-order valence-electron chi connectivity index (χ0n) is 10.6. The van der Waals surface area contributed by atoms with Crippen LogP contribution in [0.5, 0.6) is 0 Å². The van der Waals surface area contributed by atoms with Crippen LogP contribution in [0.25, 0.3) is 0 Å². The van der Waals surface area contributed by atoms with Crippen molar-refractivity contribution in [3.05, 3.63) is 29.8 Å². The third kappa shape index (κ3) is 4.44. The van der Waals surface area contributed by atoms with Crippen LogP contribution in [-0.4, -0.2) is 32.2 Å². The molecule has 94 valence electrons. The summed E-state index contributed by atoms with van der Waals surface area (Å²) in [6, 6.07) is 7.79. The molecule has 0 fully saturated rings. The molecule has 0 aliphatic carbocycles. The Morgan fingerprint density at radius 1 is 1.35 bits per heavy atom. The van der Waals surface area contributed by atoms with E-state index in [1.54, 1.807) is 7.11 Å². The number of rotatable bonds is 6. The van der Waals surface area contributed by atoms with Gasteiger partial charge in [-0.25, -0.2) is 0 Å². The molecule has 17 heavy (non-hydrogen) atoms. The Labute approximate surface area is 102 Å². The SMILES string of the molecule is COCCNC(=O)c1ccccc1NC(C)C. The smallest absolute Gasteiger partial charge is 0.253 e. The Morgan fingerprint density at radius 2 is 2.06 bits per heavy atom. The summed E-state index contributed by atoms with van der Waals surface area (Å²) in [5, 5.41) is 6.06. The molecular weight excluding hydrogens is 216 g/mol. The van der Waals surface area contributed by atoms with Crippen molar-refractivity contribution < 1.29 is 9.53 Å². The van der Waals surface area contributed by atoms with E-state index >= 15 is 0 Å². The molecule has 4 heteroatoms. The van der Waals surface area contributed by atoms with Crippen LogP contribution in [0.2, 0.25) is 0 Å². The van der Waals surface area contributed by atoms with Crippen LogP contribution in [0, 0.1) is 0 Å². The Hall–Kier alpha value is -1.55. The lowest BCUT2D eigenvalue weighted by Gasteiger charge is -2.14. The minimum atomic E-state index is -0.0780. The first-order valence-electron chi connectivity index (χ1n) is 5.78. The van der Waals surface area contributed by atoms with Crippen molar-refractivity contribution in [2.75, 3.05) is 25.6 Å². The molecule has 0 heterocycles. The van der Waals surface area contributed by atoms with Crippen molar-refractivity contribution in [3.63, 3.8) is 0 Å². The van der Waals surface area contributed by atoms with Crippen molar-refractivity contribution in [2.45, 2.75) is 19.9 Å². The van der Waals surface area contributed by atoms with Crippen molar-refractivity contribution in [1.82, 2.24) is 5.32 Å². The molecule has 0 bridgehead atoms. The van der Waals surface area contributed by atoms with Gasteiger partial charge in [-0.2, -0.15) is 0 Å². The summed E-state index contributed by atoms with van der Waals surface area (Å²) in [4.78, 5) is 11.9. The molecule has 1 amide bonds. The zero-order valence-corrected chi connectivity index (χ0v) is 10.6. The number of amides is 1. The summed E-state index contributed by atoms with van der Waals surface area (Å²) in [7, 11) is 1.61. The van der Waals surface area contributed by atoms with E-state index in [9.17, 15) is 4.79 Å². The zero-order chi connectivity index (χ0) is 12.7. The first kappa shape index (κ1) is 13.5. The van der Waals surface area contributed by atoms with Crippen LogP contribution in [-0.2, 0) is 4.74 Å². The minimum Gasteiger partial charge on any atom is -0.383 e. The fourth-order valence-corrected chi connectivity index (χ4v) is 1.48. The lowest BCUT2D eigenvalue weighted by atomic mass is 10.1. The summed E-state index contributed by atoms with van der Waals surface area (Å²) in [6.45, 7) is 5.12. The molecule has 0 aliphatic heterocycles. The van der Waals surface area contributed by atoms with Gasteiger partial charge in [-0.05, 0) is 26.0 Å². The van der Waals surface area contributed by atoms with E-state index in [-0.39, 0.29) is 5.91 Å². The van der Waals surface area contributed by atoms with Gasteiger partial charge in [0.25, 0.3) is 5.91 Å². The number of carbonyl (C=O) groups is 1. The van der Waals surface area contributed by atoms with Gasteiger partial charge in [-0.3, -0.25) is 4.79 Å². The van der Waals surface area contributed by atoms with Gasteiger partial charge in [-0.1, -0.05) is 12.1 Å². The topological polar surface area (TPSA) is 50.4 Å². The number of ether oxygens (including phenoxy) is 1. The summed E-state index contributed by atoms with van der Waals surface area (Å²) in [6.07, 6.45) is 0. The van der Waals surface area contributed by atoms with Crippen LogP contribution in [0.4, 0.5) is 5.69 Å². The molecule has 0 aromatic heterocycles. The number of anilines is 1. The highest BCUT2D eigenvalue weighted by atomic mass is 16.5. The predicted octanol–water partition coefficient (Wildman–Crippen LogP) is 1.88.